The molecule has 0 radical (unpaired) electrons. The highest BCUT2D eigenvalue weighted by Gasteiger charge is 2.32. The highest BCUT2D eigenvalue weighted by atomic mass is 79.9. The highest BCUT2D eigenvalue weighted by Crippen LogP contribution is 2.24. The standard InChI is InChI=1S/C15H15BrN4O4/c16-11-2-1-5-17-14(11)24-10-8-20(9-10)13(22)4-7-19-6-3-12(21)18-15(19)23/h1-3,5-6,10H,4,7-9H2,(H,18,21,23). The lowest BCUT2D eigenvalue weighted by molar-refractivity contribution is -0.140. The Morgan fingerprint density at radius 1 is 1.38 bits per heavy atom. The van der Waals surface area contributed by atoms with Gasteiger partial charge in [0.25, 0.3) is 5.56 Å². The number of aromatic amines is 1. The van der Waals surface area contributed by atoms with E-state index in [-0.39, 0.29) is 25.0 Å². The Bertz CT molecular complexity index is 857. The molecule has 24 heavy (non-hydrogen) atoms. The van der Waals surface area contributed by atoms with Crippen molar-refractivity contribution in [3.8, 4) is 5.88 Å². The second-order valence-electron chi connectivity index (χ2n) is 5.38. The molecule has 1 N–H and O–H groups in total. The van der Waals surface area contributed by atoms with Crippen LogP contribution in [-0.4, -0.2) is 44.5 Å². The molecule has 2 aromatic rings. The van der Waals surface area contributed by atoms with Crippen molar-refractivity contribution in [2.45, 2.75) is 19.1 Å². The fraction of sp³-hybridized carbons (Fsp3) is 0.333. The largest absolute Gasteiger partial charge is 0.470 e. The maximum atomic E-state index is 12.1. The molecule has 1 fully saturated rings. The summed E-state index contributed by atoms with van der Waals surface area (Å²) in [7, 11) is 0. The number of ether oxygens (including phenoxy) is 1. The molecule has 0 spiro atoms. The molecule has 1 aliphatic rings. The molecule has 1 amide bonds. The Labute approximate surface area is 145 Å². The van der Waals surface area contributed by atoms with Crippen LogP contribution in [0.3, 0.4) is 0 Å². The fourth-order valence-electron chi connectivity index (χ4n) is 2.33. The van der Waals surface area contributed by atoms with Gasteiger partial charge in [-0.25, -0.2) is 9.78 Å². The average Bonchev–Trinajstić information content (AvgIpc) is 2.51. The zero-order valence-corrected chi connectivity index (χ0v) is 14.2. The minimum atomic E-state index is -0.514. The second-order valence-corrected chi connectivity index (χ2v) is 6.24. The number of aromatic nitrogens is 3. The molecule has 0 unspecified atom stereocenters. The Hall–Kier alpha value is -2.42. The third kappa shape index (κ3) is 3.73. The number of nitrogens with one attached hydrogen (secondary N) is 1. The first kappa shape index (κ1) is 16.4. The van der Waals surface area contributed by atoms with E-state index in [1.54, 1.807) is 17.2 Å². The summed E-state index contributed by atoms with van der Waals surface area (Å²) < 4.78 is 7.78. The average molecular weight is 395 g/mol. The molecule has 1 saturated heterocycles. The quantitative estimate of drug-likeness (QED) is 0.790. The fourth-order valence-corrected chi connectivity index (χ4v) is 2.68. The molecular weight excluding hydrogens is 380 g/mol. The number of halogens is 1. The molecule has 0 atom stereocenters. The number of carbonyl (C=O) groups is 1. The third-order valence-electron chi connectivity index (χ3n) is 3.67. The number of hydrogen-bond acceptors (Lipinski definition) is 5. The molecule has 8 nitrogen and oxygen atoms in total. The molecule has 3 rings (SSSR count). The number of carbonyl (C=O) groups excluding carboxylic acids is 1. The van der Waals surface area contributed by atoms with Crippen molar-refractivity contribution in [2.24, 2.45) is 0 Å². The van der Waals surface area contributed by atoms with E-state index in [1.807, 2.05) is 6.07 Å². The number of likely N-dealkylation sites (tertiary alicyclic amines) is 1. The van der Waals surface area contributed by atoms with Crippen molar-refractivity contribution in [1.82, 2.24) is 19.4 Å². The van der Waals surface area contributed by atoms with Gasteiger partial charge in [-0.3, -0.25) is 14.6 Å². The number of hydrogen-bond donors (Lipinski definition) is 1. The lowest BCUT2D eigenvalue weighted by atomic mass is 10.1. The molecule has 0 aliphatic carbocycles. The van der Waals surface area contributed by atoms with E-state index in [0.29, 0.717) is 19.0 Å². The Kier molecular flexibility index (Phi) is 4.79. The molecule has 126 valence electrons. The second kappa shape index (κ2) is 7.00. The van der Waals surface area contributed by atoms with E-state index >= 15 is 0 Å². The van der Waals surface area contributed by atoms with Gasteiger partial charge in [0.1, 0.15) is 6.10 Å². The molecule has 0 aromatic carbocycles. The van der Waals surface area contributed by atoms with Crippen molar-refractivity contribution in [1.29, 1.82) is 0 Å². The lowest BCUT2D eigenvalue weighted by Gasteiger charge is -2.38. The Morgan fingerprint density at radius 2 is 2.17 bits per heavy atom. The number of H-pyrrole nitrogens is 1. The predicted octanol–water partition coefficient (Wildman–Crippen LogP) is 0.374. The van der Waals surface area contributed by atoms with E-state index in [9.17, 15) is 14.4 Å². The van der Waals surface area contributed by atoms with Crippen molar-refractivity contribution >= 4 is 21.8 Å². The molecular formula is C15H15BrN4O4. The molecule has 0 bridgehead atoms. The summed E-state index contributed by atoms with van der Waals surface area (Å²) in [6.45, 7) is 1.20. The predicted molar refractivity (Wildman–Crippen MR) is 88.9 cm³/mol. The molecule has 9 heteroatoms. The van der Waals surface area contributed by atoms with Gasteiger partial charge in [-0.05, 0) is 28.1 Å². The molecule has 0 saturated carbocycles. The SMILES string of the molecule is O=C(CCn1ccc(=O)[nH]c1=O)N1CC(Oc2ncccc2Br)C1. The monoisotopic (exact) mass is 394 g/mol. The smallest absolute Gasteiger partial charge is 0.328 e. The van der Waals surface area contributed by atoms with Gasteiger partial charge in [-0.1, -0.05) is 0 Å². The molecule has 2 aromatic heterocycles. The van der Waals surface area contributed by atoms with Crippen LogP contribution in [0.25, 0.3) is 0 Å². The number of amides is 1. The number of pyridine rings is 1. The third-order valence-corrected chi connectivity index (χ3v) is 4.27. The van der Waals surface area contributed by atoms with Crippen LogP contribution in [0.1, 0.15) is 6.42 Å². The maximum Gasteiger partial charge on any atom is 0.328 e. The molecule has 1 aliphatic heterocycles. The van der Waals surface area contributed by atoms with Gasteiger partial charge in [-0.15, -0.1) is 0 Å². The van der Waals surface area contributed by atoms with Crippen molar-refractivity contribution < 1.29 is 9.53 Å². The van der Waals surface area contributed by atoms with Crippen LogP contribution in [0.2, 0.25) is 0 Å². The number of nitrogens with zero attached hydrogens (tertiary/aromatic N) is 3. The van der Waals surface area contributed by atoms with Crippen LogP contribution in [0, 0.1) is 0 Å². The topological polar surface area (TPSA) is 97.3 Å². The van der Waals surface area contributed by atoms with Crippen molar-refractivity contribution in [2.75, 3.05) is 13.1 Å². The number of aryl methyl sites for hydroxylation is 1. The first-order valence-electron chi connectivity index (χ1n) is 7.37. The van der Waals surface area contributed by atoms with Gasteiger partial charge >= 0.3 is 5.69 Å². The van der Waals surface area contributed by atoms with E-state index in [2.05, 4.69) is 25.9 Å². The Balaban J connectivity index is 1.47. The van der Waals surface area contributed by atoms with Crippen LogP contribution >= 0.6 is 15.9 Å². The normalized spacial score (nSPS) is 14.3. The van der Waals surface area contributed by atoms with E-state index in [4.69, 9.17) is 4.74 Å². The highest BCUT2D eigenvalue weighted by molar-refractivity contribution is 9.10. The number of rotatable bonds is 5. The minimum absolute atomic E-state index is 0.0620. The summed E-state index contributed by atoms with van der Waals surface area (Å²) in [5.41, 5.74) is -0.967. The summed E-state index contributed by atoms with van der Waals surface area (Å²) in [6, 6.07) is 4.89. The van der Waals surface area contributed by atoms with Crippen molar-refractivity contribution in [3.05, 3.63) is 55.9 Å². The van der Waals surface area contributed by atoms with Crippen molar-refractivity contribution in [3.63, 3.8) is 0 Å². The van der Waals surface area contributed by atoms with Gasteiger partial charge in [0.05, 0.1) is 17.6 Å². The maximum absolute atomic E-state index is 12.1. The van der Waals surface area contributed by atoms with Crippen LogP contribution < -0.4 is 16.0 Å². The lowest BCUT2D eigenvalue weighted by Crippen LogP contribution is -2.56. The van der Waals surface area contributed by atoms with Crippen LogP contribution in [0.4, 0.5) is 0 Å². The van der Waals surface area contributed by atoms with E-state index in [1.165, 1.54) is 16.8 Å². The van der Waals surface area contributed by atoms with Crippen LogP contribution in [-0.2, 0) is 11.3 Å². The Morgan fingerprint density at radius 3 is 2.88 bits per heavy atom. The van der Waals surface area contributed by atoms with Gasteiger partial charge in [0.2, 0.25) is 11.8 Å². The van der Waals surface area contributed by atoms with Gasteiger partial charge < -0.3 is 14.2 Å². The summed E-state index contributed by atoms with van der Waals surface area (Å²) in [5, 5.41) is 0. The van der Waals surface area contributed by atoms with E-state index in [0.717, 1.165) is 4.47 Å². The first-order valence-corrected chi connectivity index (χ1v) is 8.17. The van der Waals surface area contributed by atoms with Gasteiger partial charge in [0.15, 0.2) is 0 Å². The van der Waals surface area contributed by atoms with Crippen LogP contribution in [0.15, 0.2) is 44.7 Å². The van der Waals surface area contributed by atoms with Crippen LogP contribution in [0.5, 0.6) is 5.88 Å². The molecule has 3 heterocycles. The summed E-state index contributed by atoms with van der Waals surface area (Å²) in [4.78, 5) is 42.6. The van der Waals surface area contributed by atoms with Gasteiger partial charge in [0, 0.05) is 31.4 Å². The summed E-state index contributed by atoms with van der Waals surface area (Å²) >= 11 is 3.36. The minimum Gasteiger partial charge on any atom is -0.470 e. The van der Waals surface area contributed by atoms with E-state index < -0.39 is 11.2 Å². The zero-order chi connectivity index (χ0) is 17.1. The first-order chi connectivity index (χ1) is 11.5. The van der Waals surface area contributed by atoms with Gasteiger partial charge in [-0.2, -0.15) is 0 Å². The zero-order valence-electron chi connectivity index (χ0n) is 12.6. The summed E-state index contributed by atoms with van der Waals surface area (Å²) in [6.07, 6.45) is 3.13. The summed E-state index contributed by atoms with van der Waals surface area (Å²) in [5.74, 6) is 0.447.